The summed E-state index contributed by atoms with van der Waals surface area (Å²) in [6, 6.07) is 13.1. The van der Waals surface area contributed by atoms with E-state index < -0.39 is 0 Å². The third kappa shape index (κ3) is 2.36. The molecule has 8 unspecified atom stereocenters. The van der Waals surface area contributed by atoms with Crippen molar-refractivity contribution in [2.45, 2.75) is 115 Å². The third-order valence-corrected chi connectivity index (χ3v) is 14.1. The lowest BCUT2D eigenvalue weighted by Gasteiger charge is -2.48. The lowest BCUT2D eigenvalue weighted by atomic mass is 9.56. The van der Waals surface area contributed by atoms with Gasteiger partial charge >= 0.3 is 0 Å². The van der Waals surface area contributed by atoms with E-state index >= 15 is 0 Å². The summed E-state index contributed by atoms with van der Waals surface area (Å²) in [5.74, 6) is 3.61. The van der Waals surface area contributed by atoms with Crippen molar-refractivity contribution < 1.29 is 14.3 Å². The van der Waals surface area contributed by atoms with Gasteiger partial charge < -0.3 is 9.47 Å². The zero-order chi connectivity index (χ0) is 26.5. The van der Waals surface area contributed by atoms with Crippen LogP contribution in [-0.2, 0) is 28.5 Å². The van der Waals surface area contributed by atoms with Gasteiger partial charge in [0.2, 0.25) is 0 Å². The van der Waals surface area contributed by atoms with Gasteiger partial charge in [-0.05, 0) is 98.3 Å². The van der Waals surface area contributed by atoms with Crippen LogP contribution in [0.3, 0.4) is 0 Å². The molecule has 0 radical (unpaired) electrons. The molecule has 4 saturated carbocycles. The summed E-state index contributed by atoms with van der Waals surface area (Å²) in [5, 5.41) is 0. The SMILES string of the molecule is CC12CCC(C1)C1(C)Oc3ccc(CC(=O)Cc4ccc5c(c4)C4(C)C6(C)CCC(C6)C4(C)O5)cc3C21C. The Morgan fingerprint density at radius 3 is 1.55 bits per heavy atom. The summed E-state index contributed by atoms with van der Waals surface area (Å²) in [6.07, 6.45) is 8.54. The predicted molar refractivity (Wildman–Crippen MR) is 149 cm³/mol. The molecule has 0 saturated heterocycles. The first-order valence-corrected chi connectivity index (χ1v) is 15.0. The number of rotatable bonds is 4. The summed E-state index contributed by atoms with van der Waals surface area (Å²) in [5.41, 5.74) is 5.23. The van der Waals surface area contributed by atoms with Gasteiger partial charge in [-0.25, -0.2) is 0 Å². The van der Waals surface area contributed by atoms with Crippen LogP contribution in [0, 0.1) is 22.7 Å². The smallest absolute Gasteiger partial charge is 0.141 e. The summed E-state index contributed by atoms with van der Waals surface area (Å²) >= 11 is 0. The third-order valence-electron chi connectivity index (χ3n) is 14.1. The first kappa shape index (κ1) is 23.6. The monoisotopic (exact) mass is 510 g/mol. The molecule has 38 heavy (non-hydrogen) atoms. The topological polar surface area (TPSA) is 35.5 Å². The van der Waals surface area contributed by atoms with E-state index in [-0.39, 0.29) is 38.6 Å². The number of ether oxygens (including phenoxy) is 2. The molecule has 4 bridgehead atoms. The molecule has 200 valence electrons. The van der Waals surface area contributed by atoms with E-state index in [1.165, 1.54) is 49.7 Å². The number of hydrogen-bond donors (Lipinski definition) is 0. The van der Waals surface area contributed by atoms with Crippen molar-refractivity contribution in [3.63, 3.8) is 0 Å². The molecule has 2 aliphatic heterocycles. The van der Waals surface area contributed by atoms with Crippen LogP contribution in [0.25, 0.3) is 0 Å². The minimum atomic E-state index is -0.127. The molecule has 2 aromatic rings. The number of hydrogen-bond acceptors (Lipinski definition) is 3. The minimum Gasteiger partial charge on any atom is -0.486 e. The van der Waals surface area contributed by atoms with Crippen molar-refractivity contribution in [2.24, 2.45) is 22.7 Å². The number of carbonyl (C=O) groups excluding carboxylic acids is 1. The highest BCUT2D eigenvalue weighted by Gasteiger charge is 2.75. The first-order chi connectivity index (χ1) is 17.9. The molecule has 0 aromatic heterocycles. The van der Waals surface area contributed by atoms with Crippen molar-refractivity contribution in [2.75, 3.05) is 0 Å². The second-order valence-electron chi connectivity index (χ2n) is 15.2. The van der Waals surface area contributed by atoms with Gasteiger partial charge in [-0.15, -0.1) is 0 Å². The molecule has 2 heterocycles. The van der Waals surface area contributed by atoms with E-state index in [4.69, 9.17) is 9.47 Å². The normalized spacial score (nSPS) is 46.4. The van der Waals surface area contributed by atoms with Gasteiger partial charge in [0, 0.05) is 34.8 Å². The standard InChI is InChI=1S/C35H42O3/c1-30-13-11-23(19-30)34(5)32(30,3)26-17-21(7-9-28(26)37-34)15-25(36)16-22-8-10-29-27(18-22)33(4)31(2)14-12-24(20-31)35(33,6)38-29/h7-10,17-18,23-24H,11-16,19-20H2,1-6H3. The lowest BCUT2D eigenvalue weighted by molar-refractivity contribution is -0.117. The van der Waals surface area contributed by atoms with Gasteiger partial charge in [0.05, 0.1) is 0 Å². The first-order valence-electron chi connectivity index (χ1n) is 15.0. The quantitative estimate of drug-likeness (QED) is 0.427. The van der Waals surface area contributed by atoms with Gasteiger partial charge in [0.1, 0.15) is 28.5 Å². The van der Waals surface area contributed by atoms with Gasteiger partial charge in [-0.1, -0.05) is 52.0 Å². The number of fused-ring (bicyclic) bond motifs is 14. The maximum atomic E-state index is 13.4. The molecule has 0 N–H and O–H groups in total. The Hall–Kier alpha value is -2.29. The summed E-state index contributed by atoms with van der Waals surface area (Å²) < 4.78 is 13.4. The molecule has 0 amide bonds. The summed E-state index contributed by atoms with van der Waals surface area (Å²) in [7, 11) is 0. The van der Waals surface area contributed by atoms with Crippen LogP contribution < -0.4 is 9.47 Å². The van der Waals surface area contributed by atoms with Crippen molar-refractivity contribution in [3.8, 4) is 11.5 Å². The van der Waals surface area contributed by atoms with E-state index in [0.29, 0.717) is 24.7 Å². The number of Topliss-reactive ketones (excluding diaryl/α,β-unsaturated/α-hetero) is 1. The maximum absolute atomic E-state index is 13.4. The Morgan fingerprint density at radius 2 is 1.13 bits per heavy atom. The van der Waals surface area contributed by atoms with E-state index in [1.54, 1.807) is 0 Å². The summed E-state index contributed by atoms with van der Waals surface area (Å²) in [4.78, 5) is 13.4. The van der Waals surface area contributed by atoms with E-state index in [1.807, 2.05) is 0 Å². The lowest BCUT2D eigenvalue weighted by Crippen LogP contribution is -2.54. The number of carbonyl (C=O) groups is 1. The zero-order valence-electron chi connectivity index (χ0n) is 24.0. The maximum Gasteiger partial charge on any atom is 0.141 e. The minimum absolute atomic E-state index is 0.0101. The molecular formula is C35H42O3. The zero-order valence-corrected chi connectivity index (χ0v) is 24.0. The fraction of sp³-hybridized carbons (Fsp3) is 0.629. The fourth-order valence-electron chi connectivity index (χ4n) is 11.2. The van der Waals surface area contributed by atoms with E-state index in [0.717, 1.165) is 22.6 Å². The van der Waals surface area contributed by atoms with E-state index in [9.17, 15) is 4.79 Å². The molecule has 4 aliphatic carbocycles. The second-order valence-corrected chi connectivity index (χ2v) is 15.2. The molecule has 2 aromatic carbocycles. The van der Waals surface area contributed by atoms with Crippen molar-refractivity contribution in [1.29, 1.82) is 0 Å². The van der Waals surface area contributed by atoms with Gasteiger partial charge in [0.15, 0.2) is 0 Å². The predicted octanol–water partition coefficient (Wildman–Crippen LogP) is 7.50. The van der Waals surface area contributed by atoms with Gasteiger partial charge in [0.25, 0.3) is 0 Å². The summed E-state index contributed by atoms with van der Waals surface area (Å²) in [6.45, 7) is 14.5. The molecule has 8 atom stereocenters. The van der Waals surface area contributed by atoms with Gasteiger partial charge in [-0.2, -0.15) is 0 Å². The Kier molecular flexibility index (Phi) is 4.16. The Morgan fingerprint density at radius 1 is 0.711 bits per heavy atom. The van der Waals surface area contributed by atoms with Crippen LogP contribution in [0.15, 0.2) is 36.4 Å². The van der Waals surface area contributed by atoms with Crippen molar-refractivity contribution in [1.82, 2.24) is 0 Å². The average molecular weight is 511 g/mol. The molecule has 3 heteroatoms. The molecule has 6 aliphatic rings. The van der Waals surface area contributed by atoms with Crippen LogP contribution in [-0.4, -0.2) is 17.0 Å². The highest BCUT2D eigenvalue weighted by molar-refractivity contribution is 5.83. The number of ketones is 1. The van der Waals surface area contributed by atoms with Gasteiger partial charge in [-0.3, -0.25) is 4.79 Å². The van der Waals surface area contributed by atoms with Crippen LogP contribution in [0.5, 0.6) is 11.5 Å². The molecule has 0 spiro atoms. The molecule has 4 fully saturated rings. The average Bonchev–Trinajstić information content (AvgIpc) is 3.64. The van der Waals surface area contributed by atoms with Crippen LogP contribution in [0.1, 0.15) is 102 Å². The second kappa shape index (κ2) is 6.70. The van der Waals surface area contributed by atoms with Crippen LogP contribution >= 0.6 is 0 Å². The molecule has 3 nitrogen and oxygen atoms in total. The van der Waals surface area contributed by atoms with Crippen LogP contribution in [0.2, 0.25) is 0 Å². The van der Waals surface area contributed by atoms with E-state index in [2.05, 4.69) is 77.9 Å². The number of benzene rings is 2. The Labute approximate surface area is 227 Å². The largest absolute Gasteiger partial charge is 0.486 e. The van der Waals surface area contributed by atoms with Crippen molar-refractivity contribution in [3.05, 3.63) is 58.7 Å². The van der Waals surface area contributed by atoms with Crippen LogP contribution in [0.4, 0.5) is 0 Å². The highest BCUT2D eigenvalue weighted by Crippen LogP contribution is 2.75. The van der Waals surface area contributed by atoms with Crippen molar-refractivity contribution >= 4 is 5.78 Å². The molecular weight excluding hydrogens is 468 g/mol. The fourth-order valence-corrected chi connectivity index (χ4v) is 11.2. The molecule has 8 rings (SSSR count). The Bertz CT molecular complexity index is 1320. The Balaban J connectivity index is 1.06. The highest BCUT2D eigenvalue weighted by atomic mass is 16.5.